The molecule has 29 heavy (non-hydrogen) atoms. The van der Waals surface area contributed by atoms with Crippen LogP contribution in [0.25, 0.3) is 0 Å². The van der Waals surface area contributed by atoms with Crippen LogP contribution in [0.4, 0.5) is 20.6 Å². The molecule has 7 nitrogen and oxygen atoms in total. The number of anilines is 2. The van der Waals surface area contributed by atoms with E-state index in [2.05, 4.69) is 15.6 Å². The van der Waals surface area contributed by atoms with Crippen molar-refractivity contribution in [3.05, 3.63) is 47.9 Å². The standard InChI is InChI=1S/C19H19FN4O3S2/c1-11(28)21-9-14-10-24(19(26)27-14)13-4-5-15(16(20)7-13)18(25)23-12-3-6-17(29-2)22-8-12/h3-8,14H,9-10H2,1-2H3,(H,21,28)(H,23,25)/t14-/m0/s1. The van der Waals surface area contributed by atoms with Crippen molar-refractivity contribution in [2.75, 3.05) is 29.6 Å². The number of rotatable bonds is 6. The summed E-state index contributed by atoms with van der Waals surface area (Å²) in [6.45, 7) is 2.37. The summed E-state index contributed by atoms with van der Waals surface area (Å²) in [5.41, 5.74) is 0.644. The molecule has 2 amide bonds. The Morgan fingerprint density at radius 2 is 2.21 bits per heavy atom. The highest BCUT2D eigenvalue weighted by Crippen LogP contribution is 2.24. The first-order chi connectivity index (χ1) is 13.9. The molecule has 2 N–H and O–H groups in total. The lowest BCUT2D eigenvalue weighted by Crippen LogP contribution is -2.32. The SMILES string of the molecule is CSc1ccc(NC(=O)c2ccc(N3C[C@H](CNC(C)=S)OC3=O)cc2F)cn1. The number of ether oxygens (including phenoxy) is 1. The number of halogens is 1. The van der Waals surface area contributed by atoms with Crippen LogP contribution in [0.3, 0.4) is 0 Å². The van der Waals surface area contributed by atoms with E-state index < -0.39 is 23.9 Å². The number of cyclic esters (lactones) is 1. The highest BCUT2D eigenvalue weighted by atomic mass is 32.2. The molecule has 0 unspecified atom stereocenters. The van der Waals surface area contributed by atoms with Crippen LogP contribution in [0.5, 0.6) is 0 Å². The Bertz CT molecular complexity index is 940. The second-order valence-electron chi connectivity index (χ2n) is 6.26. The molecule has 3 rings (SSSR count). The van der Waals surface area contributed by atoms with E-state index in [-0.39, 0.29) is 12.1 Å². The number of hydrogen-bond donors (Lipinski definition) is 2. The Balaban J connectivity index is 1.68. The van der Waals surface area contributed by atoms with Gasteiger partial charge in [0.2, 0.25) is 0 Å². The predicted octanol–water partition coefficient (Wildman–Crippen LogP) is 3.46. The summed E-state index contributed by atoms with van der Waals surface area (Å²) in [6.07, 6.45) is 2.43. The molecule has 1 aliphatic rings. The maximum atomic E-state index is 14.6. The number of nitrogens with one attached hydrogen (secondary N) is 2. The van der Waals surface area contributed by atoms with E-state index in [0.717, 1.165) is 11.1 Å². The van der Waals surface area contributed by atoms with Crippen molar-refractivity contribution in [3.63, 3.8) is 0 Å². The quantitative estimate of drug-likeness (QED) is 0.532. The van der Waals surface area contributed by atoms with E-state index in [4.69, 9.17) is 17.0 Å². The maximum Gasteiger partial charge on any atom is 0.414 e. The first-order valence-electron chi connectivity index (χ1n) is 8.71. The van der Waals surface area contributed by atoms with E-state index in [0.29, 0.717) is 22.9 Å². The number of carbonyl (C=O) groups is 2. The Hall–Kier alpha value is -2.72. The van der Waals surface area contributed by atoms with Crippen LogP contribution in [0.2, 0.25) is 0 Å². The van der Waals surface area contributed by atoms with Gasteiger partial charge in [-0.1, -0.05) is 12.2 Å². The molecule has 1 aliphatic heterocycles. The lowest BCUT2D eigenvalue weighted by Gasteiger charge is -2.14. The fourth-order valence-electron chi connectivity index (χ4n) is 2.73. The van der Waals surface area contributed by atoms with Gasteiger partial charge in [0.25, 0.3) is 5.91 Å². The number of pyridine rings is 1. The van der Waals surface area contributed by atoms with Crippen LogP contribution in [-0.2, 0) is 4.74 Å². The second kappa shape index (κ2) is 9.19. The Labute approximate surface area is 177 Å². The summed E-state index contributed by atoms with van der Waals surface area (Å²) < 4.78 is 19.8. The Morgan fingerprint density at radius 1 is 1.41 bits per heavy atom. The Morgan fingerprint density at radius 3 is 2.83 bits per heavy atom. The molecular formula is C19H19FN4O3S2. The largest absolute Gasteiger partial charge is 0.442 e. The highest BCUT2D eigenvalue weighted by Gasteiger charge is 2.32. The number of aromatic nitrogens is 1. The van der Waals surface area contributed by atoms with Crippen molar-refractivity contribution in [1.29, 1.82) is 0 Å². The van der Waals surface area contributed by atoms with Crippen molar-refractivity contribution >= 4 is 52.3 Å². The predicted molar refractivity (Wildman–Crippen MR) is 114 cm³/mol. The van der Waals surface area contributed by atoms with Crippen LogP contribution in [0.1, 0.15) is 17.3 Å². The second-order valence-corrected chi connectivity index (χ2v) is 7.70. The molecular weight excluding hydrogens is 415 g/mol. The number of benzene rings is 1. The lowest BCUT2D eigenvalue weighted by atomic mass is 10.1. The molecule has 2 heterocycles. The Kier molecular flexibility index (Phi) is 6.65. The number of amides is 2. The minimum atomic E-state index is -0.738. The maximum absolute atomic E-state index is 14.6. The van der Waals surface area contributed by atoms with Gasteiger partial charge in [-0.05, 0) is 43.5 Å². The summed E-state index contributed by atoms with van der Waals surface area (Å²) in [4.78, 5) is 30.5. The third-order valence-electron chi connectivity index (χ3n) is 4.17. The van der Waals surface area contributed by atoms with Gasteiger partial charge >= 0.3 is 6.09 Å². The summed E-state index contributed by atoms with van der Waals surface area (Å²) in [7, 11) is 0. The average molecular weight is 435 g/mol. The van der Waals surface area contributed by atoms with Crippen molar-refractivity contribution in [2.45, 2.75) is 18.1 Å². The molecule has 0 spiro atoms. The molecule has 1 aromatic carbocycles. The van der Waals surface area contributed by atoms with E-state index in [1.54, 1.807) is 19.1 Å². The summed E-state index contributed by atoms with van der Waals surface area (Å²) >= 11 is 6.42. The van der Waals surface area contributed by atoms with Crippen LogP contribution in [0.15, 0.2) is 41.6 Å². The summed E-state index contributed by atoms with van der Waals surface area (Å²) in [5, 5.41) is 6.36. The molecule has 1 aromatic heterocycles. The topological polar surface area (TPSA) is 83.6 Å². The van der Waals surface area contributed by atoms with Crippen molar-refractivity contribution in [3.8, 4) is 0 Å². The first-order valence-corrected chi connectivity index (χ1v) is 10.3. The minimum Gasteiger partial charge on any atom is -0.442 e. The van der Waals surface area contributed by atoms with E-state index >= 15 is 0 Å². The number of thioether (sulfide) groups is 1. The van der Waals surface area contributed by atoms with Gasteiger partial charge < -0.3 is 15.4 Å². The van der Waals surface area contributed by atoms with Crippen LogP contribution in [-0.4, -0.2) is 47.4 Å². The fourth-order valence-corrected chi connectivity index (χ4v) is 3.17. The van der Waals surface area contributed by atoms with Gasteiger partial charge in [-0.15, -0.1) is 11.8 Å². The molecule has 1 atom stereocenters. The third kappa shape index (κ3) is 5.21. The zero-order chi connectivity index (χ0) is 21.0. The number of hydrogen-bond acceptors (Lipinski definition) is 6. The molecule has 1 fully saturated rings. The van der Waals surface area contributed by atoms with Crippen LogP contribution < -0.4 is 15.5 Å². The molecule has 152 valence electrons. The van der Waals surface area contributed by atoms with Gasteiger partial charge in [-0.2, -0.15) is 0 Å². The molecule has 1 saturated heterocycles. The van der Waals surface area contributed by atoms with Gasteiger partial charge in [0.05, 0.1) is 46.2 Å². The number of thiocarbonyl (C=S) groups is 1. The summed E-state index contributed by atoms with van der Waals surface area (Å²) in [5.74, 6) is -1.34. The number of nitrogens with zero attached hydrogens (tertiary/aromatic N) is 2. The molecule has 0 aliphatic carbocycles. The minimum absolute atomic E-state index is 0.134. The number of carbonyl (C=O) groups excluding carboxylic acids is 2. The molecule has 0 bridgehead atoms. The van der Waals surface area contributed by atoms with Gasteiger partial charge in [0.15, 0.2) is 0 Å². The van der Waals surface area contributed by atoms with Gasteiger partial charge in [0.1, 0.15) is 11.9 Å². The van der Waals surface area contributed by atoms with Gasteiger partial charge in [-0.25, -0.2) is 14.2 Å². The van der Waals surface area contributed by atoms with Crippen LogP contribution in [0, 0.1) is 5.82 Å². The van der Waals surface area contributed by atoms with Gasteiger partial charge in [-0.3, -0.25) is 9.69 Å². The smallest absolute Gasteiger partial charge is 0.414 e. The molecule has 10 heteroatoms. The lowest BCUT2D eigenvalue weighted by molar-refractivity contribution is 0.102. The zero-order valence-electron chi connectivity index (χ0n) is 15.8. The molecule has 0 saturated carbocycles. The first kappa shape index (κ1) is 21.0. The summed E-state index contributed by atoms with van der Waals surface area (Å²) in [6, 6.07) is 7.44. The third-order valence-corrected chi connectivity index (χ3v) is 4.97. The van der Waals surface area contributed by atoms with E-state index in [1.807, 2.05) is 6.26 Å². The van der Waals surface area contributed by atoms with Crippen molar-refractivity contribution in [1.82, 2.24) is 10.3 Å². The molecule has 2 aromatic rings. The van der Waals surface area contributed by atoms with E-state index in [1.165, 1.54) is 35.0 Å². The molecule has 0 radical (unpaired) electrons. The van der Waals surface area contributed by atoms with Crippen LogP contribution >= 0.6 is 24.0 Å². The highest BCUT2D eigenvalue weighted by molar-refractivity contribution is 7.98. The van der Waals surface area contributed by atoms with E-state index in [9.17, 15) is 14.0 Å². The van der Waals surface area contributed by atoms with Gasteiger partial charge in [0, 0.05) is 0 Å². The van der Waals surface area contributed by atoms with Crippen molar-refractivity contribution in [2.24, 2.45) is 0 Å². The average Bonchev–Trinajstić information content (AvgIpc) is 3.07. The fraction of sp³-hybridized carbons (Fsp3) is 0.263. The zero-order valence-corrected chi connectivity index (χ0v) is 17.4. The van der Waals surface area contributed by atoms with Crippen molar-refractivity contribution < 1.29 is 18.7 Å². The monoisotopic (exact) mass is 434 g/mol. The normalized spacial score (nSPS) is 15.8.